The summed E-state index contributed by atoms with van der Waals surface area (Å²) < 4.78 is 0. The molecule has 22 heavy (non-hydrogen) atoms. The summed E-state index contributed by atoms with van der Waals surface area (Å²) in [6.07, 6.45) is 1.76. The van der Waals surface area contributed by atoms with E-state index in [4.69, 9.17) is 5.11 Å². The maximum absolute atomic E-state index is 8.95. The van der Waals surface area contributed by atoms with E-state index in [9.17, 15) is 0 Å². The van der Waals surface area contributed by atoms with E-state index in [0.717, 1.165) is 28.0 Å². The topological polar surface area (TPSA) is 52.1 Å². The number of benzene rings is 1. The summed E-state index contributed by atoms with van der Waals surface area (Å²) in [6, 6.07) is 13.9. The van der Waals surface area contributed by atoms with Crippen LogP contribution in [0.5, 0.6) is 0 Å². The maximum atomic E-state index is 8.95. The average Bonchev–Trinajstić information content (AvgIpc) is 2.96. The van der Waals surface area contributed by atoms with Crippen molar-refractivity contribution in [3.63, 3.8) is 0 Å². The molecule has 0 radical (unpaired) electrons. The first-order valence-electron chi connectivity index (χ1n) is 7.14. The molecule has 0 atom stereocenters. The molecular weight excluding hydrogens is 274 g/mol. The molecule has 2 aromatic heterocycles. The summed E-state index contributed by atoms with van der Waals surface area (Å²) >= 11 is 0. The number of pyridine rings is 1. The Morgan fingerprint density at radius 1 is 1.18 bits per heavy atom. The van der Waals surface area contributed by atoms with Crippen molar-refractivity contribution >= 4 is 16.7 Å². The van der Waals surface area contributed by atoms with Gasteiger partial charge in [-0.3, -0.25) is 0 Å². The van der Waals surface area contributed by atoms with Gasteiger partial charge in [0.25, 0.3) is 0 Å². The number of likely N-dealkylation sites (N-methyl/N-ethyl adjacent to an activating group) is 1. The van der Waals surface area contributed by atoms with Crippen LogP contribution in [0.2, 0.25) is 0 Å². The normalized spacial score (nSPS) is 10.3. The summed E-state index contributed by atoms with van der Waals surface area (Å²) in [6.45, 7) is 0.763. The highest BCUT2D eigenvalue weighted by Crippen LogP contribution is 2.14. The number of H-pyrrole nitrogens is 1. The van der Waals surface area contributed by atoms with Crippen LogP contribution < -0.4 is 4.90 Å². The lowest BCUT2D eigenvalue weighted by molar-refractivity contribution is 0.304. The van der Waals surface area contributed by atoms with Gasteiger partial charge in [-0.05, 0) is 48.4 Å². The second kappa shape index (κ2) is 6.33. The number of aliphatic hydroxyl groups is 1. The van der Waals surface area contributed by atoms with E-state index >= 15 is 0 Å². The Labute approximate surface area is 129 Å². The van der Waals surface area contributed by atoms with Crippen LogP contribution in [-0.4, -0.2) is 35.3 Å². The molecule has 1 aromatic carbocycles. The van der Waals surface area contributed by atoms with E-state index < -0.39 is 0 Å². The van der Waals surface area contributed by atoms with Gasteiger partial charge in [0.2, 0.25) is 0 Å². The van der Waals surface area contributed by atoms with Crippen LogP contribution in [0.3, 0.4) is 0 Å². The Hall–Kier alpha value is -2.77. The van der Waals surface area contributed by atoms with E-state index in [2.05, 4.69) is 21.8 Å². The molecular formula is C18H17N3O. The number of nitrogens with one attached hydrogen (secondary N) is 1. The van der Waals surface area contributed by atoms with E-state index in [1.54, 1.807) is 6.20 Å². The molecule has 0 saturated carbocycles. The fourth-order valence-electron chi connectivity index (χ4n) is 2.24. The van der Waals surface area contributed by atoms with Crippen LogP contribution in [0.15, 0.2) is 48.7 Å². The first-order chi connectivity index (χ1) is 10.8. The summed E-state index contributed by atoms with van der Waals surface area (Å²) in [5.74, 6) is 6.27. The van der Waals surface area contributed by atoms with Crippen molar-refractivity contribution in [1.82, 2.24) is 9.97 Å². The fraction of sp³-hybridized carbons (Fsp3) is 0.167. The number of anilines is 1. The minimum atomic E-state index is 0.145. The Morgan fingerprint density at radius 2 is 2.00 bits per heavy atom. The number of hydrogen-bond acceptors (Lipinski definition) is 3. The van der Waals surface area contributed by atoms with Crippen molar-refractivity contribution in [3.05, 3.63) is 59.9 Å². The standard InChI is InChI=1S/C18H17N3O/c1-21(11-12-22)17-8-5-14(6-9-17)4-7-16-13-15-3-2-10-19-18(15)20-16/h2-3,5-6,8-10,13,22H,11-12H2,1H3,(H,19,20). The zero-order valence-electron chi connectivity index (χ0n) is 12.4. The lowest BCUT2D eigenvalue weighted by Gasteiger charge is -2.17. The number of nitrogens with zero attached hydrogens (tertiary/aromatic N) is 2. The molecule has 110 valence electrons. The lowest BCUT2D eigenvalue weighted by atomic mass is 10.2. The Balaban J connectivity index is 1.78. The van der Waals surface area contributed by atoms with Gasteiger partial charge < -0.3 is 15.0 Å². The summed E-state index contributed by atoms with van der Waals surface area (Å²) in [5, 5.41) is 10.0. The van der Waals surface area contributed by atoms with Crippen LogP contribution in [0, 0.1) is 11.8 Å². The SMILES string of the molecule is CN(CCO)c1ccc(C#Cc2cc3cccnc3[nH]2)cc1. The molecule has 0 aliphatic carbocycles. The fourth-order valence-corrected chi connectivity index (χ4v) is 2.24. The minimum absolute atomic E-state index is 0.145. The molecule has 3 aromatic rings. The molecule has 0 aliphatic heterocycles. The van der Waals surface area contributed by atoms with Gasteiger partial charge in [0, 0.05) is 36.4 Å². The number of aromatic amines is 1. The van der Waals surface area contributed by atoms with Crippen molar-refractivity contribution in [3.8, 4) is 11.8 Å². The number of fused-ring (bicyclic) bond motifs is 1. The highest BCUT2D eigenvalue weighted by molar-refractivity contribution is 5.77. The summed E-state index contributed by atoms with van der Waals surface area (Å²) in [5.41, 5.74) is 3.73. The highest BCUT2D eigenvalue weighted by atomic mass is 16.3. The number of aromatic nitrogens is 2. The molecule has 0 spiro atoms. The van der Waals surface area contributed by atoms with Gasteiger partial charge in [-0.1, -0.05) is 5.92 Å². The Bertz CT molecular complexity index is 792. The second-order valence-electron chi connectivity index (χ2n) is 5.07. The molecule has 0 unspecified atom stereocenters. The smallest absolute Gasteiger partial charge is 0.138 e. The van der Waals surface area contributed by atoms with E-state index in [0.29, 0.717) is 6.54 Å². The molecule has 4 heteroatoms. The molecule has 2 heterocycles. The average molecular weight is 291 g/mol. The van der Waals surface area contributed by atoms with Gasteiger partial charge in [0.1, 0.15) is 5.65 Å². The van der Waals surface area contributed by atoms with Crippen molar-refractivity contribution < 1.29 is 5.11 Å². The quantitative estimate of drug-likeness (QED) is 0.729. The molecule has 0 saturated heterocycles. The lowest BCUT2D eigenvalue weighted by Crippen LogP contribution is -2.20. The third kappa shape index (κ3) is 3.11. The zero-order valence-corrected chi connectivity index (χ0v) is 12.4. The van der Waals surface area contributed by atoms with Crippen molar-refractivity contribution in [2.75, 3.05) is 25.1 Å². The third-order valence-corrected chi connectivity index (χ3v) is 3.48. The number of aliphatic hydroxyl groups excluding tert-OH is 1. The largest absolute Gasteiger partial charge is 0.395 e. The van der Waals surface area contributed by atoms with Gasteiger partial charge in [0.05, 0.1) is 12.3 Å². The van der Waals surface area contributed by atoms with Crippen molar-refractivity contribution in [2.45, 2.75) is 0 Å². The summed E-state index contributed by atoms with van der Waals surface area (Å²) in [4.78, 5) is 9.45. The monoisotopic (exact) mass is 291 g/mol. The minimum Gasteiger partial charge on any atom is -0.395 e. The third-order valence-electron chi connectivity index (χ3n) is 3.48. The van der Waals surface area contributed by atoms with Gasteiger partial charge in [-0.2, -0.15) is 0 Å². The molecule has 2 N–H and O–H groups in total. The zero-order chi connectivity index (χ0) is 15.4. The predicted molar refractivity (Wildman–Crippen MR) is 88.9 cm³/mol. The van der Waals surface area contributed by atoms with Gasteiger partial charge in [0.15, 0.2) is 0 Å². The van der Waals surface area contributed by atoms with Crippen LogP contribution in [0.25, 0.3) is 11.0 Å². The number of hydrogen-bond donors (Lipinski definition) is 2. The van der Waals surface area contributed by atoms with Gasteiger partial charge in [-0.15, -0.1) is 0 Å². The Morgan fingerprint density at radius 3 is 2.73 bits per heavy atom. The molecule has 0 fully saturated rings. The first-order valence-corrected chi connectivity index (χ1v) is 7.14. The molecule has 0 bridgehead atoms. The van der Waals surface area contributed by atoms with E-state index in [-0.39, 0.29) is 6.61 Å². The molecule has 0 aliphatic rings. The van der Waals surface area contributed by atoms with Crippen LogP contribution in [-0.2, 0) is 0 Å². The Kier molecular flexibility index (Phi) is 4.08. The van der Waals surface area contributed by atoms with Crippen LogP contribution in [0.1, 0.15) is 11.3 Å². The summed E-state index contributed by atoms with van der Waals surface area (Å²) in [7, 11) is 1.95. The second-order valence-corrected chi connectivity index (χ2v) is 5.07. The van der Waals surface area contributed by atoms with Crippen molar-refractivity contribution in [1.29, 1.82) is 0 Å². The van der Waals surface area contributed by atoms with Crippen LogP contribution >= 0.6 is 0 Å². The van der Waals surface area contributed by atoms with E-state index in [1.807, 2.05) is 54.4 Å². The molecule has 4 nitrogen and oxygen atoms in total. The highest BCUT2D eigenvalue weighted by Gasteiger charge is 2.00. The van der Waals surface area contributed by atoms with Crippen molar-refractivity contribution in [2.24, 2.45) is 0 Å². The number of rotatable bonds is 3. The van der Waals surface area contributed by atoms with Gasteiger partial charge in [-0.25, -0.2) is 4.98 Å². The first kappa shape index (κ1) is 14.2. The molecule has 3 rings (SSSR count). The van der Waals surface area contributed by atoms with Gasteiger partial charge >= 0.3 is 0 Å². The van der Waals surface area contributed by atoms with E-state index in [1.165, 1.54) is 0 Å². The predicted octanol–water partition coefficient (Wildman–Crippen LogP) is 2.39. The maximum Gasteiger partial charge on any atom is 0.138 e. The molecule has 0 amide bonds. The van der Waals surface area contributed by atoms with Crippen LogP contribution in [0.4, 0.5) is 5.69 Å².